The van der Waals surface area contributed by atoms with Crippen molar-refractivity contribution in [2.45, 2.75) is 26.3 Å². The quantitative estimate of drug-likeness (QED) is 0.747. The van der Waals surface area contributed by atoms with E-state index in [1.54, 1.807) is 24.3 Å². The van der Waals surface area contributed by atoms with Crippen LogP contribution in [0.1, 0.15) is 19.8 Å². The summed E-state index contributed by atoms with van der Waals surface area (Å²) < 4.78 is 1.30. The molecular formula is C20H22N6O2. The SMILES string of the molecule is CC1CCN(c2cc(NC(=O)Cn3cnc4ccccc4c3=O)ncn2)CC1. The van der Waals surface area contributed by atoms with E-state index in [0.717, 1.165) is 37.7 Å². The van der Waals surface area contributed by atoms with Crippen LogP contribution in [0.25, 0.3) is 10.9 Å². The number of para-hydroxylation sites is 1. The number of nitrogens with one attached hydrogen (secondary N) is 1. The second-order valence-corrected chi connectivity index (χ2v) is 7.17. The predicted octanol–water partition coefficient (Wildman–Crippen LogP) is 2.06. The molecule has 3 aromatic rings. The van der Waals surface area contributed by atoms with E-state index in [-0.39, 0.29) is 18.0 Å². The number of piperidine rings is 1. The minimum Gasteiger partial charge on any atom is -0.356 e. The first-order chi connectivity index (χ1) is 13.6. The van der Waals surface area contributed by atoms with E-state index >= 15 is 0 Å². The highest BCUT2D eigenvalue weighted by molar-refractivity contribution is 5.90. The van der Waals surface area contributed by atoms with Crippen molar-refractivity contribution in [3.63, 3.8) is 0 Å². The highest BCUT2D eigenvalue weighted by atomic mass is 16.2. The third kappa shape index (κ3) is 3.85. The molecule has 1 N–H and O–H groups in total. The summed E-state index contributed by atoms with van der Waals surface area (Å²) in [5, 5.41) is 3.24. The van der Waals surface area contributed by atoms with Crippen LogP contribution in [0.5, 0.6) is 0 Å². The van der Waals surface area contributed by atoms with E-state index in [0.29, 0.717) is 16.7 Å². The number of rotatable bonds is 4. The molecule has 4 rings (SSSR count). The van der Waals surface area contributed by atoms with Gasteiger partial charge in [-0.05, 0) is 30.9 Å². The highest BCUT2D eigenvalue weighted by Crippen LogP contribution is 2.22. The maximum absolute atomic E-state index is 12.5. The lowest BCUT2D eigenvalue weighted by Crippen LogP contribution is -2.33. The fourth-order valence-corrected chi connectivity index (χ4v) is 3.38. The van der Waals surface area contributed by atoms with Gasteiger partial charge in [-0.3, -0.25) is 14.2 Å². The number of hydrogen-bond acceptors (Lipinski definition) is 6. The molecule has 1 aliphatic heterocycles. The molecule has 0 unspecified atom stereocenters. The highest BCUT2D eigenvalue weighted by Gasteiger charge is 2.17. The third-order valence-electron chi connectivity index (χ3n) is 5.07. The van der Waals surface area contributed by atoms with Gasteiger partial charge >= 0.3 is 0 Å². The first-order valence-corrected chi connectivity index (χ1v) is 9.41. The number of carbonyl (C=O) groups excluding carboxylic acids is 1. The lowest BCUT2D eigenvalue weighted by molar-refractivity contribution is -0.116. The molecule has 1 aromatic carbocycles. The van der Waals surface area contributed by atoms with Crippen molar-refractivity contribution < 1.29 is 4.79 Å². The Morgan fingerprint density at radius 1 is 1.18 bits per heavy atom. The van der Waals surface area contributed by atoms with Crippen LogP contribution in [0.4, 0.5) is 11.6 Å². The molecule has 8 nitrogen and oxygen atoms in total. The summed E-state index contributed by atoms with van der Waals surface area (Å²) in [6.07, 6.45) is 5.10. The normalized spacial score (nSPS) is 15.0. The van der Waals surface area contributed by atoms with Crippen molar-refractivity contribution in [1.82, 2.24) is 19.5 Å². The molecule has 1 saturated heterocycles. The van der Waals surface area contributed by atoms with Gasteiger partial charge in [0.1, 0.15) is 24.5 Å². The average molecular weight is 378 g/mol. The Bertz CT molecular complexity index is 1060. The summed E-state index contributed by atoms with van der Waals surface area (Å²) in [5.74, 6) is 1.62. The maximum Gasteiger partial charge on any atom is 0.261 e. The molecule has 0 spiro atoms. The molecule has 3 heterocycles. The molecular weight excluding hydrogens is 356 g/mol. The van der Waals surface area contributed by atoms with Crippen molar-refractivity contribution in [1.29, 1.82) is 0 Å². The summed E-state index contributed by atoms with van der Waals surface area (Å²) in [6.45, 7) is 4.03. The monoisotopic (exact) mass is 378 g/mol. The molecule has 28 heavy (non-hydrogen) atoms. The van der Waals surface area contributed by atoms with E-state index in [1.807, 2.05) is 6.07 Å². The van der Waals surface area contributed by atoms with Crippen LogP contribution >= 0.6 is 0 Å². The molecule has 8 heteroatoms. The minimum absolute atomic E-state index is 0.128. The maximum atomic E-state index is 12.5. The summed E-state index contributed by atoms with van der Waals surface area (Å²) in [7, 11) is 0. The molecule has 2 aromatic heterocycles. The first kappa shape index (κ1) is 18.1. The lowest BCUT2D eigenvalue weighted by Gasteiger charge is -2.31. The summed E-state index contributed by atoms with van der Waals surface area (Å²) >= 11 is 0. The Balaban J connectivity index is 1.46. The molecule has 0 atom stereocenters. The van der Waals surface area contributed by atoms with Crippen molar-refractivity contribution >= 4 is 28.4 Å². The van der Waals surface area contributed by atoms with Gasteiger partial charge in [-0.2, -0.15) is 0 Å². The van der Waals surface area contributed by atoms with Crippen LogP contribution in [-0.2, 0) is 11.3 Å². The van der Waals surface area contributed by atoms with E-state index in [2.05, 4.69) is 32.1 Å². The standard InChI is InChI=1S/C20H22N6O2/c1-14-6-8-25(9-7-14)18-10-17(21-12-22-18)24-19(27)11-26-13-23-16-5-3-2-4-15(16)20(26)28/h2-5,10,12-14H,6-9,11H2,1H3,(H,21,22,24,27). The van der Waals surface area contributed by atoms with Gasteiger partial charge in [0.2, 0.25) is 5.91 Å². The zero-order valence-corrected chi connectivity index (χ0v) is 15.7. The van der Waals surface area contributed by atoms with Crippen LogP contribution < -0.4 is 15.8 Å². The van der Waals surface area contributed by atoms with Crippen molar-refractivity contribution in [2.24, 2.45) is 5.92 Å². The minimum atomic E-state index is -0.337. The zero-order chi connectivity index (χ0) is 19.5. The van der Waals surface area contributed by atoms with E-state index in [9.17, 15) is 9.59 Å². The Kier molecular flexibility index (Phi) is 5.01. The van der Waals surface area contributed by atoms with Crippen LogP contribution in [0.2, 0.25) is 0 Å². The first-order valence-electron chi connectivity index (χ1n) is 9.41. The van der Waals surface area contributed by atoms with Gasteiger partial charge in [-0.25, -0.2) is 15.0 Å². The Labute approximate surface area is 162 Å². The second-order valence-electron chi connectivity index (χ2n) is 7.17. The number of anilines is 2. The number of fused-ring (bicyclic) bond motifs is 1. The molecule has 0 aliphatic carbocycles. The van der Waals surface area contributed by atoms with Gasteiger partial charge < -0.3 is 10.2 Å². The zero-order valence-electron chi connectivity index (χ0n) is 15.7. The largest absolute Gasteiger partial charge is 0.356 e. The van der Waals surface area contributed by atoms with E-state index < -0.39 is 0 Å². The van der Waals surface area contributed by atoms with Crippen LogP contribution in [0.15, 0.2) is 47.8 Å². The summed E-state index contributed by atoms with van der Waals surface area (Å²) in [4.78, 5) is 39.8. The van der Waals surface area contributed by atoms with Gasteiger partial charge in [0.05, 0.1) is 17.2 Å². The van der Waals surface area contributed by atoms with E-state index in [1.165, 1.54) is 17.2 Å². The lowest BCUT2D eigenvalue weighted by atomic mass is 9.99. The molecule has 1 amide bonds. The van der Waals surface area contributed by atoms with E-state index in [4.69, 9.17) is 0 Å². The third-order valence-corrected chi connectivity index (χ3v) is 5.07. The second kappa shape index (κ2) is 7.75. The molecule has 1 fully saturated rings. The van der Waals surface area contributed by atoms with Crippen molar-refractivity contribution in [3.8, 4) is 0 Å². The van der Waals surface area contributed by atoms with Gasteiger partial charge in [0, 0.05) is 19.2 Å². The average Bonchev–Trinajstić information content (AvgIpc) is 2.71. The number of amides is 1. The number of nitrogens with zero attached hydrogens (tertiary/aromatic N) is 5. The molecule has 144 valence electrons. The molecule has 0 saturated carbocycles. The number of benzene rings is 1. The van der Waals surface area contributed by atoms with Gasteiger partial charge in [0.25, 0.3) is 5.56 Å². The summed E-state index contributed by atoms with van der Waals surface area (Å²) in [6, 6.07) is 8.84. The Morgan fingerprint density at radius 3 is 2.79 bits per heavy atom. The fraction of sp³-hybridized carbons (Fsp3) is 0.350. The number of carbonyl (C=O) groups is 1. The number of aromatic nitrogens is 4. The van der Waals surface area contributed by atoms with Crippen LogP contribution in [-0.4, -0.2) is 38.5 Å². The predicted molar refractivity (Wildman–Crippen MR) is 107 cm³/mol. The molecule has 0 radical (unpaired) electrons. The van der Waals surface area contributed by atoms with Crippen molar-refractivity contribution in [3.05, 3.63) is 53.3 Å². The fourth-order valence-electron chi connectivity index (χ4n) is 3.38. The van der Waals surface area contributed by atoms with Crippen molar-refractivity contribution in [2.75, 3.05) is 23.3 Å². The molecule has 0 bridgehead atoms. The number of hydrogen-bond donors (Lipinski definition) is 1. The summed E-state index contributed by atoms with van der Waals surface area (Å²) in [5.41, 5.74) is 0.368. The van der Waals surface area contributed by atoms with Crippen LogP contribution in [0.3, 0.4) is 0 Å². The van der Waals surface area contributed by atoms with Gasteiger partial charge in [0.15, 0.2) is 0 Å². The Hall–Kier alpha value is -3.29. The topological polar surface area (TPSA) is 93.0 Å². The smallest absolute Gasteiger partial charge is 0.261 e. The van der Waals surface area contributed by atoms with Gasteiger partial charge in [-0.1, -0.05) is 19.1 Å². The Morgan fingerprint density at radius 2 is 1.96 bits per heavy atom. The molecule has 1 aliphatic rings. The van der Waals surface area contributed by atoms with Crippen LogP contribution in [0, 0.1) is 5.92 Å². The van der Waals surface area contributed by atoms with Gasteiger partial charge in [-0.15, -0.1) is 0 Å².